The third-order valence-corrected chi connectivity index (χ3v) is 3.93. The van der Waals surface area contributed by atoms with Gasteiger partial charge in [0.05, 0.1) is 0 Å². The molecule has 0 amide bonds. The summed E-state index contributed by atoms with van der Waals surface area (Å²) in [5, 5.41) is 3.67. The van der Waals surface area contributed by atoms with Crippen molar-refractivity contribution in [2.24, 2.45) is 5.92 Å². The fraction of sp³-hybridized carbons (Fsp3) is 1.00. The lowest BCUT2D eigenvalue weighted by atomic mass is 9.99. The van der Waals surface area contributed by atoms with Crippen LogP contribution in [0.1, 0.15) is 46.5 Å². The molecule has 2 heteroatoms. The van der Waals surface area contributed by atoms with Gasteiger partial charge in [-0.25, -0.2) is 0 Å². The van der Waals surface area contributed by atoms with Crippen LogP contribution < -0.4 is 5.32 Å². The number of hydrogen-bond acceptors (Lipinski definition) is 2. The van der Waals surface area contributed by atoms with E-state index in [0.29, 0.717) is 11.6 Å². The summed E-state index contributed by atoms with van der Waals surface area (Å²) >= 11 is 0. The first kappa shape index (κ1) is 11.4. The van der Waals surface area contributed by atoms with Crippen LogP contribution in [-0.4, -0.2) is 36.1 Å². The molecule has 0 bridgehead atoms. The van der Waals surface area contributed by atoms with E-state index >= 15 is 0 Å². The molecule has 2 fully saturated rings. The molecule has 0 aromatic carbocycles. The molecular weight excluding hydrogens is 184 g/mol. The van der Waals surface area contributed by atoms with E-state index in [2.05, 4.69) is 31.0 Å². The molecule has 0 radical (unpaired) electrons. The predicted molar refractivity (Wildman–Crippen MR) is 65.1 cm³/mol. The van der Waals surface area contributed by atoms with E-state index in [1.807, 2.05) is 0 Å². The summed E-state index contributed by atoms with van der Waals surface area (Å²) in [6, 6.07) is 0.699. The minimum absolute atomic E-state index is 0.388. The Labute approximate surface area is 94.4 Å². The molecule has 88 valence electrons. The van der Waals surface area contributed by atoms with Crippen molar-refractivity contribution in [1.29, 1.82) is 0 Å². The van der Waals surface area contributed by atoms with Crippen molar-refractivity contribution in [2.75, 3.05) is 19.6 Å². The molecule has 1 aliphatic carbocycles. The van der Waals surface area contributed by atoms with Crippen LogP contribution in [0.5, 0.6) is 0 Å². The molecule has 2 rings (SSSR count). The van der Waals surface area contributed by atoms with Gasteiger partial charge in [0.25, 0.3) is 0 Å². The Kier molecular flexibility index (Phi) is 3.36. The van der Waals surface area contributed by atoms with Crippen LogP contribution in [0.15, 0.2) is 0 Å². The van der Waals surface area contributed by atoms with E-state index in [0.717, 1.165) is 5.92 Å². The van der Waals surface area contributed by atoms with Gasteiger partial charge < -0.3 is 5.32 Å². The van der Waals surface area contributed by atoms with Crippen LogP contribution in [-0.2, 0) is 0 Å². The lowest BCUT2D eigenvalue weighted by Crippen LogP contribution is -2.50. The van der Waals surface area contributed by atoms with Crippen LogP contribution >= 0.6 is 0 Å². The first-order valence-electron chi connectivity index (χ1n) is 6.58. The third kappa shape index (κ3) is 3.18. The van der Waals surface area contributed by atoms with Crippen LogP contribution in [0.2, 0.25) is 0 Å². The quantitative estimate of drug-likeness (QED) is 0.749. The normalized spacial score (nSPS) is 31.8. The largest absolute Gasteiger partial charge is 0.310 e. The summed E-state index contributed by atoms with van der Waals surface area (Å²) in [4.78, 5) is 2.68. The Hall–Kier alpha value is -0.0800. The molecule has 1 saturated carbocycles. The Morgan fingerprint density at radius 3 is 2.60 bits per heavy atom. The van der Waals surface area contributed by atoms with Gasteiger partial charge >= 0.3 is 0 Å². The van der Waals surface area contributed by atoms with Crippen LogP contribution in [0.4, 0.5) is 0 Å². The van der Waals surface area contributed by atoms with Crippen molar-refractivity contribution in [1.82, 2.24) is 10.2 Å². The highest BCUT2D eigenvalue weighted by molar-refractivity contribution is 4.93. The molecule has 1 heterocycles. The second-order valence-corrected chi connectivity index (χ2v) is 6.06. The first-order chi connectivity index (χ1) is 7.09. The van der Waals surface area contributed by atoms with Gasteiger partial charge in [0, 0.05) is 24.7 Å². The zero-order valence-electron chi connectivity index (χ0n) is 10.6. The van der Waals surface area contributed by atoms with Gasteiger partial charge in [-0.1, -0.05) is 0 Å². The van der Waals surface area contributed by atoms with Crippen molar-refractivity contribution >= 4 is 0 Å². The van der Waals surface area contributed by atoms with E-state index in [1.54, 1.807) is 0 Å². The molecule has 1 unspecified atom stereocenters. The van der Waals surface area contributed by atoms with Gasteiger partial charge in [-0.2, -0.15) is 0 Å². The summed E-state index contributed by atoms with van der Waals surface area (Å²) in [5.41, 5.74) is 0.388. The highest BCUT2D eigenvalue weighted by atomic mass is 15.2. The lowest BCUT2D eigenvalue weighted by molar-refractivity contribution is 0.159. The molecule has 0 spiro atoms. The summed E-state index contributed by atoms with van der Waals surface area (Å²) in [7, 11) is 0. The minimum Gasteiger partial charge on any atom is -0.310 e. The van der Waals surface area contributed by atoms with Crippen molar-refractivity contribution in [3.63, 3.8) is 0 Å². The average Bonchev–Trinajstić information content (AvgIpc) is 2.87. The molecule has 0 aromatic rings. The second kappa shape index (κ2) is 4.42. The van der Waals surface area contributed by atoms with Crippen molar-refractivity contribution in [3.05, 3.63) is 0 Å². The number of hydrogen-bond donors (Lipinski definition) is 1. The summed E-state index contributed by atoms with van der Waals surface area (Å²) in [6.45, 7) is 10.8. The van der Waals surface area contributed by atoms with Crippen molar-refractivity contribution < 1.29 is 0 Å². The first-order valence-corrected chi connectivity index (χ1v) is 6.58. The fourth-order valence-corrected chi connectivity index (χ4v) is 2.63. The SMILES string of the molecule is CC(C)N(CC1CC1)CC1(C)CCCN1. The Bertz CT molecular complexity index is 203. The van der Waals surface area contributed by atoms with Crippen LogP contribution in [0.3, 0.4) is 0 Å². The number of nitrogens with zero attached hydrogens (tertiary/aromatic N) is 1. The molecule has 1 saturated heterocycles. The van der Waals surface area contributed by atoms with Gasteiger partial charge in [-0.05, 0) is 58.9 Å². The van der Waals surface area contributed by atoms with Gasteiger partial charge in [0.1, 0.15) is 0 Å². The second-order valence-electron chi connectivity index (χ2n) is 6.06. The van der Waals surface area contributed by atoms with Gasteiger partial charge in [0.15, 0.2) is 0 Å². The maximum absolute atomic E-state index is 3.67. The maximum atomic E-state index is 3.67. The molecule has 2 nitrogen and oxygen atoms in total. The van der Waals surface area contributed by atoms with E-state index < -0.39 is 0 Å². The van der Waals surface area contributed by atoms with E-state index in [9.17, 15) is 0 Å². The zero-order valence-corrected chi connectivity index (χ0v) is 10.6. The standard InChI is InChI=1S/C13H26N2/c1-11(2)15(9-12-5-6-12)10-13(3)7-4-8-14-13/h11-12,14H,4-10H2,1-3H3. The van der Waals surface area contributed by atoms with Crippen LogP contribution in [0, 0.1) is 5.92 Å². The Morgan fingerprint density at radius 1 is 1.40 bits per heavy atom. The minimum atomic E-state index is 0.388. The van der Waals surface area contributed by atoms with Gasteiger partial charge in [-0.15, -0.1) is 0 Å². The molecular formula is C13H26N2. The Balaban J connectivity index is 1.86. The summed E-state index contributed by atoms with van der Waals surface area (Å²) < 4.78 is 0. The molecule has 2 aliphatic rings. The summed E-state index contributed by atoms with van der Waals surface area (Å²) in [5.74, 6) is 1.01. The molecule has 0 aromatic heterocycles. The smallest absolute Gasteiger partial charge is 0.0281 e. The molecule has 1 atom stereocenters. The monoisotopic (exact) mass is 210 g/mol. The van der Waals surface area contributed by atoms with E-state index in [1.165, 1.54) is 45.3 Å². The van der Waals surface area contributed by atoms with E-state index in [-0.39, 0.29) is 0 Å². The fourth-order valence-electron chi connectivity index (χ4n) is 2.63. The van der Waals surface area contributed by atoms with Crippen molar-refractivity contribution in [3.8, 4) is 0 Å². The van der Waals surface area contributed by atoms with Crippen LogP contribution in [0.25, 0.3) is 0 Å². The third-order valence-electron chi connectivity index (χ3n) is 3.93. The zero-order chi connectivity index (χ0) is 10.9. The maximum Gasteiger partial charge on any atom is 0.0281 e. The average molecular weight is 210 g/mol. The molecule has 1 N–H and O–H groups in total. The molecule has 15 heavy (non-hydrogen) atoms. The van der Waals surface area contributed by atoms with Gasteiger partial charge in [-0.3, -0.25) is 4.90 Å². The predicted octanol–water partition coefficient (Wildman–Crippen LogP) is 2.25. The topological polar surface area (TPSA) is 15.3 Å². The number of rotatable bonds is 5. The highest BCUT2D eigenvalue weighted by Gasteiger charge is 2.33. The molecule has 1 aliphatic heterocycles. The lowest BCUT2D eigenvalue weighted by Gasteiger charge is -2.35. The highest BCUT2D eigenvalue weighted by Crippen LogP contribution is 2.31. The van der Waals surface area contributed by atoms with E-state index in [4.69, 9.17) is 0 Å². The van der Waals surface area contributed by atoms with Gasteiger partial charge in [0.2, 0.25) is 0 Å². The van der Waals surface area contributed by atoms with Crippen molar-refractivity contribution in [2.45, 2.75) is 58.0 Å². The number of nitrogens with one attached hydrogen (secondary N) is 1. The Morgan fingerprint density at radius 2 is 2.13 bits per heavy atom. The summed E-state index contributed by atoms with van der Waals surface area (Å²) in [6.07, 6.45) is 5.63.